The number of hydrogen-bond acceptors (Lipinski definition) is 2. The molecule has 0 aliphatic heterocycles. The Bertz CT molecular complexity index is 617. The molecule has 0 spiro atoms. The van der Waals surface area contributed by atoms with E-state index < -0.39 is 0 Å². The molecule has 0 N–H and O–H groups in total. The molecule has 92 valence electrons. The van der Waals surface area contributed by atoms with Gasteiger partial charge in [-0.2, -0.15) is 5.10 Å². The van der Waals surface area contributed by atoms with Crippen molar-refractivity contribution in [2.75, 3.05) is 0 Å². The number of rotatable bonds is 3. The number of carbonyl (C=O) groups excluding carboxylic acids is 1. The van der Waals surface area contributed by atoms with Crippen LogP contribution in [-0.2, 0) is 7.05 Å². The van der Waals surface area contributed by atoms with Gasteiger partial charge in [-0.15, -0.1) is 0 Å². The molecule has 5 heteroatoms. The van der Waals surface area contributed by atoms with Crippen molar-refractivity contribution in [1.29, 1.82) is 0 Å². The topological polar surface area (TPSA) is 34.9 Å². The summed E-state index contributed by atoms with van der Waals surface area (Å²) in [4.78, 5) is 11.9. The molecule has 0 radical (unpaired) electrons. The van der Waals surface area contributed by atoms with Crippen molar-refractivity contribution >= 4 is 35.1 Å². The second kappa shape index (κ2) is 5.38. The first-order valence-corrected chi connectivity index (χ1v) is 5.98. The fraction of sp³-hybridized carbons (Fsp3) is 0.0769. The average Bonchev–Trinajstić information content (AvgIpc) is 2.75. The molecule has 18 heavy (non-hydrogen) atoms. The fourth-order valence-corrected chi connectivity index (χ4v) is 1.74. The van der Waals surface area contributed by atoms with E-state index in [1.807, 2.05) is 13.2 Å². The second-order valence-electron chi connectivity index (χ2n) is 3.77. The molecular formula is C13H10Cl2N2O. The van der Waals surface area contributed by atoms with Crippen LogP contribution in [0.3, 0.4) is 0 Å². The van der Waals surface area contributed by atoms with Crippen LogP contribution < -0.4 is 0 Å². The Morgan fingerprint density at radius 1 is 1.33 bits per heavy atom. The summed E-state index contributed by atoms with van der Waals surface area (Å²) in [6.07, 6.45) is 6.69. The van der Waals surface area contributed by atoms with Crippen LogP contribution in [0, 0.1) is 0 Å². The maximum absolute atomic E-state index is 11.9. The molecule has 0 atom stereocenters. The lowest BCUT2D eigenvalue weighted by molar-refractivity contribution is 0.104. The van der Waals surface area contributed by atoms with Gasteiger partial charge in [0.1, 0.15) is 0 Å². The van der Waals surface area contributed by atoms with Crippen molar-refractivity contribution in [2.45, 2.75) is 0 Å². The van der Waals surface area contributed by atoms with Crippen LogP contribution >= 0.6 is 23.2 Å². The fourth-order valence-electron chi connectivity index (χ4n) is 1.44. The second-order valence-corrected chi connectivity index (χ2v) is 4.59. The van der Waals surface area contributed by atoms with Gasteiger partial charge in [-0.05, 0) is 30.4 Å². The summed E-state index contributed by atoms with van der Waals surface area (Å²) in [6.45, 7) is 0. The molecule has 2 aromatic rings. The maximum Gasteiger partial charge on any atom is 0.185 e. The normalized spacial score (nSPS) is 11.1. The molecule has 3 nitrogen and oxygen atoms in total. The number of carbonyl (C=O) groups is 1. The van der Waals surface area contributed by atoms with Gasteiger partial charge in [0.05, 0.1) is 16.2 Å². The van der Waals surface area contributed by atoms with Crippen LogP contribution in [0.15, 0.2) is 36.7 Å². The highest BCUT2D eigenvalue weighted by molar-refractivity contribution is 6.42. The van der Waals surface area contributed by atoms with Crippen LogP contribution in [-0.4, -0.2) is 15.6 Å². The van der Waals surface area contributed by atoms with Gasteiger partial charge in [-0.1, -0.05) is 23.2 Å². The van der Waals surface area contributed by atoms with Crippen molar-refractivity contribution in [3.8, 4) is 0 Å². The third kappa shape index (κ3) is 3.00. The van der Waals surface area contributed by atoms with Crippen LogP contribution in [0.1, 0.15) is 15.9 Å². The van der Waals surface area contributed by atoms with Crippen molar-refractivity contribution in [3.05, 3.63) is 57.8 Å². The Kier molecular flexibility index (Phi) is 3.84. The van der Waals surface area contributed by atoms with Gasteiger partial charge in [0.25, 0.3) is 0 Å². The lowest BCUT2D eigenvalue weighted by Gasteiger charge is -1.98. The zero-order valence-electron chi connectivity index (χ0n) is 9.60. The molecule has 1 heterocycles. The summed E-state index contributed by atoms with van der Waals surface area (Å²) in [5, 5.41) is 4.82. The molecule has 0 aliphatic carbocycles. The van der Waals surface area contributed by atoms with Crippen molar-refractivity contribution in [3.63, 3.8) is 0 Å². The Hall–Kier alpha value is -1.58. The van der Waals surface area contributed by atoms with E-state index in [-0.39, 0.29) is 5.78 Å². The lowest BCUT2D eigenvalue weighted by atomic mass is 10.1. The number of aryl methyl sites for hydroxylation is 1. The van der Waals surface area contributed by atoms with Gasteiger partial charge >= 0.3 is 0 Å². The predicted molar refractivity (Wildman–Crippen MR) is 73.0 cm³/mol. The number of hydrogen-bond donors (Lipinski definition) is 0. The molecular weight excluding hydrogens is 271 g/mol. The van der Waals surface area contributed by atoms with Gasteiger partial charge in [0.2, 0.25) is 0 Å². The molecule has 1 aromatic carbocycles. The van der Waals surface area contributed by atoms with Crippen LogP contribution in [0.4, 0.5) is 0 Å². The van der Waals surface area contributed by atoms with Gasteiger partial charge in [0.15, 0.2) is 5.78 Å². The van der Waals surface area contributed by atoms with Gasteiger partial charge in [0, 0.05) is 24.4 Å². The number of ketones is 1. The lowest BCUT2D eigenvalue weighted by Crippen LogP contribution is -1.93. The summed E-state index contributed by atoms with van der Waals surface area (Å²) < 4.78 is 1.67. The summed E-state index contributed by atoms with van der Waals surface area (Å²) in [7, 11) is 1.82. The highest BCUT2D eigenvalue weighted by atomic mass is 35.5. The Morgan fingerprint density at radius 2 is 2.11 bits per heavy atom. The molecule has 0 aliphatic rings. The Morgan fingerprint density at radius 3 is 2.72 bits per heavy atom. The molecule has 0 fully saturated rings. The van der Waals surface area contributed by atoms with E-state index in [1.165, 1.54) is 6.08 Å². The standard InChI is InChI=1S/C13H10Cl2N2O/c1-17-8-9(7-16-17)2-5-13(18)10-3-4-11(14)12(15)6-10/h2-8H,1H3/b5-2+. The molecule has 0 saturated carbocycles. The van der Waals surface area contributed by atoms with Crippen LogP contribution in [0.5, 0.6) is 0 Å². The zero-order valence-corrected chi connectivity index (χ0v) is 11.1. The van der Waals surface area contributed by atoms with Gasteiger partial charge < -0.3 is 0 Å². The largest absolute Gasteiger partial charge is 0.289 e. The Labute approximate surface area is 115 Å². The first-order valence-electron chi connectivity index (χ1n) is 5.22. The van der Waals surface area contributed by atoms with E-state index in [4.69, 9.17) is 23.2 Å². The predicted octanol–water partition coefficient (Wildman–Crippen LogP) is 3.62. The molecule has 0 saturated heterocycles. The van der Waals surface area contributed by atoms with E-state index in [9.17, 15) is 4.79 Å². The summed E-state index contributed by atoms with van der Waals surface area (Å²) >= 11 is 11.6. The number of halogens is 2. The maximum atomic E-state index is 11.9. The zero-order chi connectivity index (χ0) is 13.1. The first-order chi connectivity index (χ1) is 8.56. The molecule has 0 bridgehead atoms. The highest BCUT2D eigenvalue weighted by Crippen LogP contribution is 2.23. The van der Waals surface area contributed by atoms with Gasteiger partial charge in [-0.25, -0.2) is 0 Å². The number of nitrogens with zero attached hydrogens (tertiary/aromatic N) is 2. The summed E-state index contributed by atoms with van der Waals surface area (Å²) in [6, 6.07) is 4.80. The number of benzene rings is 1. The average molecular weight is 281 g/mol. The number of aromatic nitrogens is 2. The van der Waals surface area contributed by atoms with Gasteiger partial charge in [-0.3, -0.25) is 9.48 Å². The number of allylic oxidation sites excluding steroid dienone is 1. The Balaban J connectivity index is 2.16. The van der Waals surface area contributed by atoms with E-state index in [1.54, 1.807) is 35.2 Å². The molecule has 1 aromatic heterocycles. The molecule has 2 rings (SSSR count). The quantitative estimate of drug-likeness (QED) is 0.636. The van der Waals surface area contributed by atoms with Crippen LogP contribution in [0.2, 0.25) is 10.0 Å². The molecule has 0 unspecified atom stereocenters. The van der Waals surface area contributed by atoms with E-state index in [0.717, 1.165) is 5.56 Å². The third-order valence-corrected chi connectivity index (χ3v) is 3.10. The molecule has 0 amide bonds. The SMILES string of the molecule is Cn1cc(/C=C/C(=O)c2ccc(Cl)c(Cl)c2)cn1. The van der Waals surface area contributed by atoms with Crippen molar-refractivity contribution < 1.29 is 4.79 Å². The summed E-state index contributed by atoms with van der Waals surface area (Å²) in [5.41, 5.74) is 1.37. The minimum absolute atomic E-state index is 0.127. The monoisotopic (exact) mass is 280 g/mol. The van der Waals surface area contributed by atoms with Crippen molar-refractivity contribution in [1.82, 2.24) is 9.78 Å². The minimum Gasteiger partial charge on any atom is -0.289 e. The van der Waals surface area contributed by atoms with Crippen molar-refractivity contribution in [2.24, 2.45) is 7.05 Å². The summed E-state index contributed by atoms with van der Waals surface area (Å²) in [5.74, 6) is -0.127. The highest BCUT2D eigenvalue weighted by Gasteiger charge is 2.05. The van der Waals surface area contributed by atoms with E-state index in [2.05, 4.69) is 5.10 Å². The van der Waals surface area contributed by atoms with Crippen LogP contribution in [0.25, 0.3) is 6.08 Å². The minimum atomic E-state index is -0.127. The van der Waals surface area contributed by atoms with E-state index >= 15 is 0 Å². The van der Waals surface area contributed by atoms with E-state index in [0.29, 0.717) is 15.6 Å². The first kappa shape index (κ1) is 12.9. The smallest absolute Gasteiger partial charge is 0.185 e. The third-order valence-electron chi connectivity index (χ3n) is 2.36.